The van der Waals surface area contributed by atoms with Gasteiger partial charge < -0.3 is 10.5 Å². The summed E-state index contributed by atoms with van der Waals surface area (Å²) in [4.78, 5) is 0.193. The Morgan fingerprint density at radius 1 is 1.44 bits per heavy atom. The molecule has 1 saturated carbocycles. The highest BCUT2D eigenvalue weighted by Crippen LogP contribution is 2.34. The van der Waals surface area contributed by atoms with Gasteiger partial charge in [0.25, 0.3) is 0 Å². The molecule has 0 heterocycles. The summed E-state index contributed by atoms with van der Waals surface area (Å²) in [6.45, 7) is 0. The number of ether oxygens (including phenoxy) is 1. The van der Waals surface area contributed by atoms with Crippen molar-refractivity contribution in [1.82, 2.24) is 0 Å². The molecule has 1 aromatic rings. The summed E-state index contributed by atoms with van der Waals surface area (Å²) in [6, 6.07) is 4.72. The summed E-state index contributed by atoms with van der Waals surface area (Å²) in [5.74, 6) is 1.03. The Labute approximate surface area is 95.3 Å². The lowest BCUT2D eigenvalue weighted by Gasteiger charge is -2.08. The molecule has 0 amide bonds. The second-order valence-corrected chi connectivity index (χ2v) is 6.13. The molecule has 2 N–H and O–H groups in total. The van der Waals surface area contributed by atoms with E-state index in [1.54, 1.807) is 12.1 Å². The van der Waals surface area contributed by atoms with Gasteiger partial charge in [0.2, 0.25) is 0 Å². The zero-order valence-electron chi connectivity index (χ0n) is 9.14. The van der Waals surface area contributed by atoms with Crippen molar-refractivity contribution in [3.8, 4) is 5.75 Å². The Kier molecular flexibility index (Phi) is 2.80. The molecule has 0 bridgehead atoms. The van der Waals surface area contributed by atoms with Crippen molar-refractivity contribution in [2.24, 2.45) is 5.92 Å². The van der Waals surface area contributed by atoms with E-state index < -0.39 is 9.84 Å². The third kappa shape index (κ3) is 2.29. The van der Waals surface area contributed by atoms with Crippen LogP contribution in [0.4, 0.5) is 5.69 Å². The smallest absolute Gasteiger partial charge is 0.180 e. The molecular weight excluding hydrogens is 226 g/mol. The standard InChI is InChI=1S/C11H15NO3S/c1-15-9-4-5-10(12)11(6-9)16(13,14)7-8-2-3-8/h4-6,8H,2-3,7,12H2,1H3. The number of hydrogen-bond donors (Lipinski definition) is 1. The second kappa shape index (κ2) is 3.97. The van der Waals surface area contributed by atoms with Crippen molar-refractivity contribution in [2.45, 2.75) is 17.7 Å². The molecule has 1 aliphatic rings. The van der Waals surface area contributed by atoms with Crippen molar-refractivity contribution in [2.75, 3.05) is 18.6 Å². The fourth-order valence-electron chi connectivity index (χ4n) is 1.60. The summed E-state index contributed by atoms with van der Waals surface area (Å²) in [6.07, 6.45) is 2.01. The Morgan fingerprint density at radius 2 is 2.12 bits per heavy atom. The largest absolute Gasteiger partial charge is 0.497 e. The molecule has 4 nitrogen and oxygen atoms in total. The molecule has 1 aromatic carbocycles. The van der Waals surface area contributed by atoms with E-state index in [1.807, 2.05) is 0 Å². The quantitative estimate of drug-likeness (QED) is 0.810. The number of nitrogens with two attached hydrogens (primary N) is 1. The molecule has 0 radical (unpaired) electrons. The van der Waals surface area contributed by atoms with Crippen LogP contribution in [0, 0.1) is 5.92 Å². The van der Waals surface area contributed by atoms with Crippen molar-refractivity contribution in [1.29, 1.82) is 0 Å². The van der Waals surface area contributed by atoms with Gasteiger partial charge in [-0.25, -0.2) is 8.42 Å². The molecule has 0 saturated heterocycles. The fourth-order valence-corrected chi connectivity index (χ4v) is 3.45. The van der Waals surface area contributed by atoms with Crippen LogP contribution in [0.5, 0.6) is 5.75 Å². The van der Waals surface area contributed by atoms with E-state index in [4.69, 9.17) is 10.5 Å². The summed E-state index contributed by atoms with van der Waals surface area (Å²) in [5, 5.41) is 0. The second-order valence-electron chi connectivity index (χ2n) is 4.13. The van der Waals surface area contributed by atoms with E-state index in [0.29, 0.717) is 17.4 Å². The van der Waals surface area contributed by atoms with Gasteiger partial charge in [0.05, 0.1) is 23.4 Å². The molecule has 0 aliphatic heterocycles. The number of benzene rings is 1. The maximum Gasteiger partial charge on any atom is 0.180 e. The molecule has 0 unspecified atom stereocenters. The SMILES string of the molecule is COc1ccc(N)c(S(=O)(=O)CC2CC2)c1. The maximum atomic E-state index is 12.0. The highest BCUT2D eigenvalue weighted by molar-refractivity contribution is 7.91. The zero-order chi connectivity index (χ0) is 11.8. The average Bonchev–Trinajstić information content (AvgIpc) is 3.01. The fraction of sp³-hybridized carbons (Fsp3) is 0.455. The van der Waals surface area contributed by atoms with Gasteiger partial charge in [0.15, 0.2) is 9.84 Å². The molecular formula is C11H15NO3S. The lowest BCUT2D eigenvalue weighted by molar-refractivity contribution is 0.413. The Balaban J connectivity index is 2.36. The Morgan fingerprint density at radius 3 is 2.69 bits per heavy atom. The molecule has 1 fully saturated rings. The van der Waals surface area contributed by atoms with Gasteiger partial charge in [-0.05, 0) is 30.9 Å². The highest BCUT2D eigenvalue weighted by atomic mass is 32.2. The molecule has 88 valence electrons. The van der Waals surface area contributed by atoms with Gasteiger partial charge in [-0.2, -0.15) is 0 Å². The van der Waals surface area contributed by atoms with Crippen LogP contribution >= 0.6 is 0 Å². The van der Waals surface area contributed by atoms with Crippen LogP contribution in [-0.4, -0.2) is 21.3 Å². The monoisotopic (exact) mass is 241 g/mol. The van der Waals surface area contributed by atoms with E-state index in [0.717, 1.165) is 12.8 Å². The van der Waals surface area contributed by atoms with Crippen LogP contribution < -0.4 is 10.5 Å². The van der Waals surface area contributed by atoms with E-state index in [-0.39, 0.29) is 10.6 Å². The van der Waals surface area contributed by atoms with Crippen LogP contribution in [0.2, 0.25) is 0 Å². The van der Waals surface area contributed by atoms with Crippen LogP contribution in [0.15, 0.2) is 23.1 Å². The Bertz CT molecular complexity index is 492. The van der Waals surface area contributed by atoms with Crippen molar-refractivity contribution in [3.05, 3.63) is 18.2 Å². The minimum Gasteiger partial charge on any atom is -0.497 e. The number of anilines is 1. The van der Waals surface area contributed by atoms with E-state index in [2.05, 4.69) is 0 Å². The van der Waals surface area contributed by atoms with Gasteiger partial charge in [-0.15, -0.1) is 0 Å². The summed E-state index contributed by atoms with van der Waals surface area (Å²) in [5.41, 5.74) is 5.98. The lowest BCUT2D eigenvalue weighted by Crippen LogP contribution is -2.11. The Hall–Kier alpha value is -1.23. The van der Waals surface area contributed by atoms with E-state index in [1.165, 1.54) is 13.2 Å². The highest BCUT2D eigenvalue weighted by Gasteiger charge is 2.30. The van der Waals surface area contributed by atoms with Crippen LogP contribution in [0.1, 0.15) is 12.8 Å². The van der Waals surface area contributed by atoms with Gasteiger partial charge in [0.1, 0.15) is 5.75 Å². The summed E-state index contributed by atoms with van der Waals surface area (Å²) in [7, 11) is -1.76. The van der Waals surface area contributed by atoms with Gasteiger partial charge >= 0.3 is 0 Å². The third-order valence-corrected chi connectivity index (χ3v) is 4.64. The van der Waals surface area contributed by atoms with Crippen LogP contribution in [0.3, 0.4) is 0 Å². The van der Waals surface area contributed by atoms with Crippen LogP contribution in [-0.2, 0) is 9.84 Å². The minimum absolute atomic E-state index is 0.193. The first kappa shape index (κ1) is 11.3. The number of methoxy groups -OCH3 is 1. The average molecular weight is 241 g/mol. The zero-order valence-corrected chi connectivity index (χ0v) is 9.96. The van der Waals surface area contributed by atoms with Gasteiger partial charge in [0, 0.05) is 6.07 Å². The van der Waals surface area contributed by atoms with Gasteiger partial charge in [-0.1, -0.05) is 0 Å². The number of nitrogen functional groups attached to an aromatic ring is 1. The summed E-state index contributed by atoms with van der Waals surface area (Å²) >= 11 is 0. The molecule has 16 heavy (non-hydrogen) atoms. The topological polar surface area (TPSA) is 69.4 Å². The molecule has 2 rings (SSSR count). The first-order valence-electron chi connectivity index (χ1n) is 5.19. The predicted molar refractivity (Wildman–Crippen MR) is 62.2 cm³/mol. The third-order valence-electron chi connectivity index (χ3n) is 2.71. The minimum atomic E-state index is -3.27. The van der Waals surface area contributed by atoms with E-state index in [9.17, 15) is 8.42 Å². The first-order chi connectivity index (χ1) is 7.53. The van der Waals surface area contributed by atoms with E-state index >= 15 is 0 Å². The van der Waals surface area contributed by atoms with Crippen molar-refractivity contribution in [3.63, 3.8) is 0 Å². The van der Waals surface area contributed by atoms with Crippen molar-refractivity contribution < 1.29 is 13.2 Å². The predicted octanol–water partition coefficient (Wildman–Crippen LogP) is 1.46. The summed E-state index contributed by atoms with van der Waals surface area (Å²) < 4.78 is 29.1. The van der Waals surface area contributed by atoms with Gasteiger partial charge in [-0.3, -0.25) is 0 Å². The number of sulfone groups is 1. The maximum absolute atomic E-state index is 12.0. The molecule has 0 atom stereocenters. The number of rotatable bonds is 4. The van der Waals surface area contributed by atoms with Crippen molar-refractivity contribution >= 4 is 15.5 Å². The lowest BCUT2D eigenvalue weighted by atomic mass is 10.3. The molecule has 5 heteroatoms. The number of hydrogen-bond acceptors (Lipinski definition) is 4. The molecule has 0 spiro atoms. The first-order valence-corrected chi connectivity index (χ1v) is 6.84. The normalized spacial score (nSPS) is 16.1. The molecule has 0 aromatic heterocycles. The molecule has 1 aliphatic carbocycles. The van der Waals surface area contributed by atoms with Crippen LogP contribution in [0.25, 0.3) is 0 Å².